The maximum atomic E-state index is 10.1. The van der Waals surface area contributed by atoms with Crippen LogP contribution in [0.5, 0.6) is 0 Å². The first kappa shape index (κ1) is 17.0. The van der Waals surface area contributed by atoms with E-state index >= 15 is 0 Å². The molecule has 2 unspecified atom stereocenters. The summed E-state index contributed by atoms with van der Waals surface area (Å²) in [6, 6.07) is 8.07. The monoisotopic (exact) mass is 350 g/mol. The van der Waals surface area contributed by atoms with Crippen molar-refractivity contribution in [1.29, 1.82) is 0 Å². The lowest BCUT2D eigenvalue weighted by atomic mass is 9.96. The lowest BCUT2D eigenvalue weighted by Crippen LogP contribution is -2.50. The van der Waals surface area contributed by atoms with Crippen LogP contribution < -0.4 is 16.5 Å². The zero-order chi connectivity index (χ0) is 18.1. The minimum atomic E-state index is -0.477. The Hall–Kier alpha value is -2.42. The number of anilines is 2. The number of piperidine rings is 1. The van der Waals surface area contributed by atoms with E-state index in [-0.39, 0.29) is 6.04 Å². The summed E-state index contributed by atoms with van der Waals surface area (Å²) in [5, 5.41) is 14.4. The molecule has 1 aliphatic rings. The van der Waals surface area contributed by atoms with Crippen LogP contribution in [0.1, 0.15) is 12.0 Å². The van der Waals surface area contributed by atoms with Gasteiger partial charge in [0.1, 0.15) is 25.6 Å². The number of benzene rings is 1. The Balaban J connectivity index is 1.62. The van der Waals surface area contributed by atoms with Crippen LogP contribution >= 0.6 is 0 Å². The molecular weight excluding hydrogens is 327 g/mol. The minimum Gasteiger partial charge on any atom is -0.390 e. The van der Waals surface area contributed by atoms with Crippen molar-refractivity contribution in [1.82, 2.24) is 19.9 Å². The number of hydrogen-bond donors (Lipinski definition) is 4. The number of nitrogens with zero attached hydrogens (tertiary/aromatic N) is 3. The molecule has 4 rings (SSSR count). The van der Waals surface area contributed by atoms with Crippen LogP contribution in [0, 0.1) is 0 Å². The molecule has 0 amide bonds. The Bertz CT molecular complexity index is 914. The zero-order valence-electron chi connectivity index (χ0n) is 14.8. The molecule has 0 radical (unpaired) electrons. The normalized spacial score (nSPS) is 21.2. The Labute approximate surface area is 153 Å². The van der Waals surface area contributed by atoms with Crippen molar-refractivity contribution in [3.63, 3.8) is 0 Å². The number of nitrogens with one attached hydrogen (secondary N) is 2. The van der Waals surface area contributed by atoms with Crippen LogP contribution in [-0.4, -0.2) is 58.0 Å². The molecule has 8 heteroatoms. The zero-order valence-corrected chi connectivity index (χ0v) is 14.8. The first-order chi connectivity index (χ1) is 12.6. The first-order valence-corrected chi connectivity index (χ1v) is 8.91. The highest BCUT2D eigenvalue weighted by atomic mass is 16.3. The highest BCUT2D eigenvalue weighted by molar-refractivity contribution is 6.32. The predicted octanol–water partition coefficient (Wildman–Crippen LogP) is -0.146. The number of rotatable bonds is 4. The molecule has 1 fully saturated rings. The van der Waals surface area contributed by atoms with Gasteiger partial charge in [-0.3, -0.25) is 4.90 Å². The van der Waals surface area contributed by atoms with Gasteiger partial charge < -0.3 is 21.1 Å². The van der Waals surface area contributed by atoms with Crippen molar-refractivity contribution in [2.45, 2.75) is 25.1 Å². The van der Waals surface area contributed by atoms with Gasteiger partial charge in [-0.05, 0) is 24.1 Å². The molecule has 7 nitrogen and oxygen atoms in total. The van der Waals surface area contributed by atoms with E-state index in [4.69, 9.17) is 5.73 Å². The number of hydrogen-bond acceptors (Lipinski definition) is 6. The number of nitrogens with two attached hydrogens (primary N) is 1. The van der Waals surface area contributed by atoms with Gasteiger partial charge in [0.15, 0.2) is 0 Å². The number of aliphatic hydroxyl groups is 1. The summed E-state index contributed by atoms with van der Waals surface area (Å²) < 4.78 is 0. The van der Waals surface area contributed by atoms with Gasteiger partial charge in [0, 0.05) is 37.6 Å². The lowest BCUT2D eigenvalue weighted by Gasteiger charge is -2.33. The molecule has 3 heterocycles. The van der Waals surface area contributed by atoms with Crippen LogP contribution in [0.4, 0.5) is 11.5 Å². The van der Waals surface area contributed by atoms with E-state index in [1.54, 1.807) is 6.33 Å². The summed E-state index contributed by atoms with van der Waals surface area (Å²) in [6.07, 6.45) is 3.86. The molecule has 134 valence electrons. The standard InChI is InChI=1S/C18H23BN6O/c19-12-2-1-3-13(6-12)24-18-16-11(7-21-17(16)22-10-23-18)8-25-5-4-14(20)15(26)9-25/h1-3,6-7,10,14-15,26H,4-5,8-9,19-20H2,(H2,21,22,23,24). The van der Waals surface area contributed by atoms with Gasteiger partial charge in [-0.2, -0.15) is 0 Å². The lowest BCUT2D eigenvalue weighted by molar-refractivity contribution is 0.0501. The molecule has 2 aromatic heterocycles. The second-order valence-corrected chi connectivity index (χ2v) is 7.01. The summed E-state index contributed by atoms with van der Waals surface area (Å²) in [5.74, 6) is 0.783. The molecule has 3 aromatic rings. The summed E-state index contributed by atoms with van der Waals surface area (Å²) in [5.41, 5.74) is 10.0. The number of aliphatic hydroxyl groups excluding tert-OH is 1. The van der Waals surface area contributed by atoms with Crippen LogP contribution in [0.25, 0.3) is 11.0 Å². The van der Waals surface area contributed by atoms with Crippen LogP contribution in [0.15, 0.2) is 36.8 Å². The fourth-order valence-corrected chi connectivity index (χ4v) is 3.51. The van der Waals surface area contributed by atoms with Crippen molar-refractivity contribution >= 4 is 35.8 Å². The first-order valence-electron chi connectivity index (χ1n) is 8.91. The van der Waals surface area contributed by atoms with Gasteiger partial charge >= 0.3 is 0 Å². The number of H-pyrrole nitrogens is 1. The smallest absolute Gasteiger partial charge is 0.143 e. The molecule has 0 aliphatic carbocycles. The quantitative estimate of drug-likeness (QED) is 0.488. The predicted molar refractivity (Wildman–Crippen MR) is 106 cm³/mol. The second kappa shape index (κ2) is 7.07. The Morgan fingerprint density at radius 1 is 1.38 bits per heavy atom. The van der Waals surface area contributed by atoms with Gasteiger partial charge in [0.05, 0.1) is 11.5 Å². The number of β-amino-alcohol motifs (C(OH)–C–C–N with tert-alkyl or cyclic N) is 1. The molecule has 0 bridgehead atoms. The molecule has 26 heavy (non-hydrogen) atoms. The highest BCUT2D eigenvalue weighted by Crippen LogP contribution is 2.27. The van der Waals surface area contributed by atoms with E-state index in [1.807, 2.05) is 18.3 Å². The van der Waals surface area contributed by atoms with Crippen molar-refractivity contribution in [3.05, 3.63) is 42.4 Å². The van der Waals surface area contributed by atoms with Gasteiger partial charge in [-0.1, -0.05) is 17.6 Å². The Kier molecular flexibility index (Phi) is 4.63. The number of fused-ring (bicyclic) bond motifs is 1. The fraction of sp³-hybridized carbons (Fsp3) is 0.333. The van der Waals surface area contributed by atoms with Crippen molar-refractivity contribution in [3.8, 4) is 0 Å². The maximum absolute atomic E-state index is 10.1. The van der Waals surface area contributed by atoms with Gasteiger partial charge in [-0.15, -0.1) is 0 Å². The third kappa shape index (κ3) is 3.44. The van der Waals surface area contributed by atoms with E-state index in [9.17, 15) is 5.11 Å². The van der Waals surface area contributed by atoms with Gasteiger partial charge in [0.25, 0.3) is 0 Å². The average molecular weight is 350 g/mol. The van der Waals surface area contributed by atoms with E-state index in [2.05, 4.69) is 45.1 Å². The number of likely N-dealkylation sites (tertiary alicyclic amines) is 1. The second-order valence-electron chi connectivity index (χ2n) is 7.01. The van der Waals surface area contributed by atoms with Crippen molar-refractivity contribution < 1.29 is 5.11 Å². The largest absolute Gasteiger partial charge is 0.390 e. The van der Waals surface area contributed by atoms with E-state index in [0.29, 0.717) is 6.54 Å². The van der Waals surface area contributed by atoms with Crippen LogP contribution in [0.3, 0.4) is 0 Å². The molecule has 2 atom stereocenters. The summed E-state index contributed by atoms with van der Waals surface area (Å²) in [4.78, 5) is 14.3. The van der Waals surface area contributed by atoms with Gasteiger partial charge in [0.2, 0.25) is 0 Å². The average Bonchev–Trinajstić information content (AvgIpc) is 3.02. The highest BCUT2D eigenvalue weighted by Gasteiger charge is 2.25. The third-order valence-corrected chi connectivity index (χ3v) is 4.94. The van der Waals surface area contributed by atoms with Crippen molar-refractivity contribution in [2.75, 3.05) is 18.4 Å². The molecule has 1 aromatic carbocycles. The summed E-state index contributed by atoms with van der Waals surface area (Å²) in [6.45, 7) is 2.18. The minimum absolute atomic E-state index is 0.129. The van der Waals surface area contributed by atoms with Crippen molar-refractivity contribution in [2.24, 2.45) is 5.73 Å². The SMILES string of the molecule is Bc1cccc(Nc2ncnc3[nH]cc(CN4CCC(N)C(O)C4)c23)c1. The van der Waals surface area contributed by atoms with E-state index in [1.165, 1.54) is 5.46 Å². The number of aromatic nitrogens is 3. The molecule has 1 saturated heterocycles. The maximum Gasteiger partial charge on any atom is 0.143 e. The molecule has 0 spiro atoms. The van der Waals surface area contributed by atoms with Crippen LogP contribution in [0.2, 0.25) is 0 Å². The molecule has 5 N–H and O–H groups in total. The molecule has 0 saturated carbocycles. The molecule has 1 aliphatic heterocycles. The summed E-state index contributed by atoms with van der Waals surface area (Å²) >= 11 is 0. The van der Waals surface area contributed by atoms with E-state index < -0.39 is 6.10 Å². The Morgan fingerprint density at radius 2 is 2.27 bits per heavy atom. The third-order valence-electron chi connectivity index (χ3n) is 4.94. The van der Waals surface area contributed by atoms with Crippen LogP contribution in [-0.2, 0) is 6.54 Å². The van der Waals surface area contributed by atoms with E-state index in [0.717, 1.165) is 47.6 Å². The summed E-state index contributed by atoms with van der Waals surface area (Å²) in [7, 11) is 2.06. The Morgan fingerprint density at radius 3 is 3.08 bits per heavy atom. The molecular formula is C18H23BN6O. The fourth-order valence-electron chi connectivity index (χ4n) is 3.51. The number of aromatic amines is 1. The van der Waals surface area contributed by atoms with Gasteiger partial charge in [-0.25, -0.2) is 9.97 Å². The topological polar surface area (TPSA) is 103 Å².